The first kappa shape index (κ1) is 35.1. The molecule has 11 atom stereocenters. The van der Waals surface area contributed by atoms with Gasteiger partial charge in [0.2, 0.25) is 17.7 Å². The summed E-state index contributed by atoms with van der Waals surface area (Å²) in [7, 11) is 0. The van der Waals surface area contributed by atoms with Gasteiger partial charge >= 0.3 is 0 Å². The highest BCUT2D eigenvalue weighted by Crippen LogP contribution is 2.36. The summed E-state index contributed by atoms with van der Waals surface area (Å²) in [6, 6.07) is -1.77. The molecule has 9 nitrogen and oxygen atoms in total. The molecule has 0 aromatic rings. The molecule has 4 bridgehead atoms. The molecule has 2 saturated heterocycles. The lowest BCUT2D eigenvalue weighted by atomic mass is 9.80. The number of alkyl halides is 1. The molecule has 8 unspecified atom stereocenters. The third kappa shape index (κ3) is 9.47. The van der Waals surface area contributed by atoms with Gasteiger partial charge in [0.25, 0.3) is 0 Å². The van der Waals surface area contributed by atoms with Crippen molar-refractivity contribution in [1.82, 2.24) is 26.6 Å². The number of nitrogens with one attached hydrogen (secondary N) is 5. The zero-order valence-electron chi connectivity index (χ0n) is 28.8. The van der Waals surface area contributed by atoms with Crippen LogP contribution in [0.15, 0.2) is 0 Å². The molecule has 6 rings (SSSR count). The number of fused-ring (bicyclic) bond motifs is 5. The minimum atomic E-state index is -0.891. The molecule has 2 heterocycles. The normalized spacial score (nSPS) is 40.9. The summed E-state index contributed by atoms with van der Waals surface area (Å²) in [4.78, 5) is 41.0. The van der Waals surface area contributed by atoms with E-state index in [0.29, 0.717) is 37.5 Å². The predicted molar refractivity (Wildman–Crippen MR) is 180 cm³/mol. The Morgan fingerprint density at radius 2 is 1.45 bits per heavy atom. The molecule has 266 valence electrons. The van der Waals surface area contributed by atoms with E-state index in [1.165, 1.54) is 32.1 Å². The number of ether oxygens (including phenoxy) is 1. The van der Waals surface area contributed by atoms with Gasteiger partial charge in [-0.15, -0.1) is 0 Å². The van der Waals surface area contributed by atoms with Crippen LogP contribution in [-0.2, 0) is 19.1 Å². The molecule has 4 aliphatic carbocycles. The molecular weight excluding hydrogens is 597 g/mol. The molecule has 2 aliphatic heterocycles. The maximum Gasteiger partial charge on any atom is 0.243 e. The number of carbonyl (C=O) groups is 3. The van der Waals surface area contributed by atoms with Gasteiger partial charge in [0.15, 0.2) is 0 Å². The summed E-state index contributed by atoms with van der Waals surface area (Å²) >= 11 is 0. The van der Waals surface area contributed by atoms with Crippen LogP contribution in [0.4, 0.5) is 4.39 Å². The molecule has 6 aliphatic rings. The fraction of sp³-hybridized carbons (Fsp3) is 0.919. The third-order valence-electron chi connectivity index (χ3n) is 12.5. The second-order valence-corrected chi connectivity index (χ2v) is 16.0. The summed E-state index contributed by atoms with van der Waals surface area (Å²) in [6.45, 7) is 1.80. The number of halogens is 1. The zero-order chi connectivity index (χ0) is 32.8. The Morgan fingerprint density at radius 3 is 2.15 bits per heavy atom. The van der Waals surface area contributed by atoms with Crippen molar-refractivity contribution in [1.29, 1.82) is 0 Å². The van der Waals surface area contributed by atoms with Crippen LogP contribution in [0, 0.1) is 17.8 Å². The monoisotopic (exact) mass is 659 g/mol. The summed E-state index contributed by atoms with van der Waals surface area (Å²) in [6.07, 6.45) is 19.2. The molecule has 3 amide bonds. The highest BCUT2D eigenvalue weighted by molar-refractivity contribution is 5.92. The van der Waals surface area contributed by atoms with Gasteiger partial charge in [0.1, 0.15) is 18.3 Å². The van der Waals surface area contributed by atoms with Gasteiger partial charge in [-0.1, -0.05) is 64.7 Å². The van der Waals surface area contributed by atoms with Crippen LogP contribution in [0.1, 0.15) is 142 Å². The molecule has 6 fully saturated rings. The summed E-state index contributed by atoms with van der Waals surface area (Å²) in [5.41, 5.74) is 0. The average molecular weight is 660 g/mol. The number of rotatable bonds is 6. The van der Waals surface area contributed by atoms with Crippen LogP contribution in [0.5, 0.6) is 0 Å². The second-order valence-electron chi connectivity index (χ2n) is 16.0. The van der Waals surface area contributed by atoms with Crippen LogP contribution in [0.25, 0.3) is 0 Å². The maximum atomic E-state index is 15.0. The Labute approximate surface area is 281 Å². The molecule has 0 aromatic carbocycles. The Hall–Kier alpha value is -1.78. The largest absolute Gasteiger partial charge is 0.375 e. The fourth-order valence-electron chi connectivity index (χ4n) is 9.90. The Bertz CT molecular complexity index is 1060. The van der Waals surface area contributed by atoms with E-state index in [2.05, 4.69) is 26.6 Å². The first-order valence-corrected chi connectivity index (χ1v) is 19.6. The maximum absolute atomic E-state index is 15.0. The molecule has 0 aromatic heterocycles. The first-order valence-electron chi connectivity index (χ1n) is 19.6. The summed E-state index contributed by atoms with van der Waals surface area (Å²) in [5.74, 6) is 0.691. The van der Waals surface area contributed by atoms with Crippen molar-refractivity contribution in [3.63, 3.8) is 0 Å². The second kappa shape index (κ2) is 16.8. The van der Waals surface area contributed by atoms with E-state index in [1.807, 2.05) is 0 Å². The minimum absolute atomic E-state index is 0.0624. The fourth-order valence-corrected chi connectivity index (χ4v) is 9.90. The van der Waals surface area contributed by atoms with Crippen molar-refractivity contribution in [2.75, 3.05) is 0 Å². The number of hydrogen-bond acceptors (Lipinski definition) is 6. The van der Waals surface area contributed by atoms with Crippen molar-refractivity contribution in [2.45, 2.75) is 197 Å². The van der Waals surface area contributed by atoms with E-state index in [9.17, 15) is 14.4 Å². The van der Waals surface area contributed by atoms with Gasteiger partial charge in [-0.3, -0.25) is 25.0 Å². The minimum Gasteiger partial charge on any atom is -0.375 e. The van der Waals surface area contributed by atoms with Gasteiger partial charge in [-0.2, -0.15) is 0 Å². The van der Waals surface area contributed by atoms with Crippen molar-refractivity contribution >= 4 is 17.7 Å². The van der Waals surface area contributed by atoms with E-state index in [0.717, 1.165) is 77.0 Å². The molecule has 5 N–H and O–H groups in total. The van der Waals surface area contributed by atoms with Gasteiger partial charge in [-0.05, 0) is 88.4 Å². The van der Waals surface area contributed by atoms with Crippen LogP contribution < -0.4 is 26.6 Å². The van der Waals surface area contributed by atoms with Gasteiger partial charge in [0, 0.05) is 12.5 Å². The highest BCUT2D eigenvalue weighted by Gasteiger charge is 2.45. The lowest BCUT2D eigenvalue weighted by Crippen LogP contribution is -2.59. The standard InChI is InChI=1S/C37H62FN5O4/c1-2-33(44)39-32-22-25-12-7-14-27(20-25)47-26-13-6-11-24(19-26)21-31(35-40-29-16-8-15-28(38)34(29)43-35)42-36(45)30(41-37(32)46)18-17-23-9-4-3-5-10-23/h23-32,34-35,40,43H,2-22H2,1H3,(H,39,44)(H,41,46)(H,42,45)/t24?,25?,26?,27?,28?,29?,30-,31-,32-,34?,35?/m0/s1. The summed E-state index contributed by atoms with van der Waals surface area (Å²) in [5, 5.41) is 16.8. The quantitative estimate of drug-likeness (QED) is 0.276. The third-order valence-corrected chi connectivity index (χ3v) is 12.5. The number of carbonyl (C=O) groups excluding carboxylic acids is 3. The molecule has 47 heavy (non-hydrogen) atoms. The van der Waals surface area contributed by atoms with E-state index in [-0.39, 0.29) is 60.1 Å². The van der Waals surface area contributed by atoms with Gasteiger partial charge in [0.05, 0.1) is 30.5 Å². The van der Waals surface area contributed by atoms with Crippen LogP contribution in [-0.4, -0.2) is 72.5 Å². The molecule has 0 radical (unpaired) electrons. The molecule has 10 heteroatoms. The predicted octanol–water partition coefficient (Wildman–Crippen LogP) is 4.92. The Morgan fingerprint density at radius 1 is 0.745 bits per heavy atom. The number of amides is 3. The summed E-state index contributed by atoms with van der Waals surface area (Å²) < 4.78 is 21.8. The van der Waals surface area contributed by atoms with Gasteiger partial charge in [-0.25, -0.2) is 4.39 Å². The van der Waals surface area contributed by atoms with Crippen molar-refractivity contribution in [3.8, 4) is 0 Å². The van der Waals surface area contributed by atoms with Crippen molar-refractivity contribution in [3.05, 3.63) is 0 Å². The molecular formula is C37H62FN5O4. The van der Waals surface area contributed by atoms with E-state index in [1.54, 1.807) is 6.92 Å². The lowest BCUT2D eigenvalue weighted by Gasteiger charge is -2.38. The van der Waals surface area contributed by atoms with Crippen molar-refractivity contribution in [2.24, 2.45) is 17.8 Å². The van der Waals surface area contributed by atoms with Crippen LogP contribution in [0.3, 0.4) is 0 Å². The average Bonchev–Trinajstić information content (AvgIpc) is 3.52. The van der Waals surface area contributed by atoms with Crippen LogP contribution in [0.2, 0.25) is 0 Å². The number of hydrogen-bond donors (Lipinski definition) is 5. The first-order chi connectivity index (χ1) is 22.8. The molecule has 0 spiro atoms. The van der Waals surface area contributed by atoms with E-state index < -0.39 is 18.3 Å². The van der Waals surface area contributed by atoms with Crippen LogP contribution >= 0.6 is 0 Å². The van der Waals surface area contributed by atoms with E-state index >= 15 is 4.39 Å². The Kier molecular flexibility index (Phi) is 12.5. The van der Waals surface area contributed by atoms with Crippen molar-refractivity contribution < 1.29 is 23.5 Å². The van der Waals surface area contributed by atoms with E-state index in [4.69, 9.17) is 4.74 Å². The topological polar surface area (TPSA) is 121 Å². The highest BCUT2D eigenvalue weighted by atomic mass is 19.1. The Balaban J connectivity index is 1.25. The molecule has 4 saturated carbocycles. The lowest BCUT2D eigenvalue weighted by molar-refractivity contribution is -0.133. The smallest absolute Gasteiger partial charge is 0.243 e. The van der Waals surface area contributed by atoms with Gasteiger partial charge < -0.3 is 20.7 Å². The SMILES string of the molecule is CCC(=O)N[C@H]1CC2CCCC(C2)OC2CCCC(C2)C[C@@H](C2NC3CCCC(F)C3N2)NC(=O)[C@H](CCC2CCCCC2)NC1=O. The zero-order valence-corrected chi connectivity index (χ0v) is 28.8.